The van der Waals surface area contributed by atoms with Crippen LogP contribution in [0, 0.1) is 19.1 Å². The molecule has 2 heterocycles. The molecule has 1 atom stereocenters. The van der Waals surface area contributed by atoms with E-state index in [1.165, 1.54) is 5.56 Å². The highest BCUT2D eigenvalue weighted by atomic mass is 16.1. The summed E-state index contributed by atoms with van der Waals surface area (Å²) in [5, 5.41) is 7.74. The Bertz CT molecular complexity index is 1290. The number of rotatable bonds is 4. The van der Waals surface area contributed by atoms with Gasteiger partial charge in [-0.1, -0.05) is 50.2 Å². The Kier molecular flexibility index (Phi) is 5.14. The number of aryl methyl sites for hydroxylation is 1. The Hall–Kier alpha value is -3.65. The summed E-state index contributed by atoms with van der Waals surface area (Å²) in [5.41, 5.74) is 7.69. The normalized spacial score (nSPS) is 15.4. The summed E-state index contributed by atoms with van der Waals surface area (Å²) < 4.78 is 1.76. The predicted octanol–water partition coefficient (Wildman–Crippen LogP) is 5.24. The Labute approximate surface area is 188 Å². The van der Waals surface area contributed by atoms with Crippen LogP contribution in [-0.2, 0) is 6.42 Å². The fourth-order valence-electron chi connectivity index (χ4n) is 4.51. The van der Waals surface area contributed by atoms with E-state index in [0.717, 1.165) is 52.9 Å². The Balaban J connectivity index is 1.44. The van der Waals surface area contributed by atoms with Crippen molar-refractivity contribution in [3.8, 4) is 11.1 Å². The maximum atomic E-state index is 13.2. The summed E-state index contributed by atoms with van der Waals surface area (Å²) >= 11 is 0. The maximum Gasteiger partial charge on any atom is 0.255 e. The van der Waals surface area contributed by atoms with Crippen LogP contribution in [0.2, 0.25) is 0 Å². The highest BCUT2D eigenvalue weighted by Crippen LogP contribution is 2.29. The third-order valence-electron chi connectivity index (χ3n) is 6.42. The Morgan fingerprint density at radius 2 is 2.00 bits per heavy atom. The molecule has 1 aliphatic rings. The van der Waals surface area contributed by atoms with Crippen LogP contribution in [0.25, 0.3) is 16.8 Å². The lowest BCUT2D eigenvalue weighted by molar-refractivity contribution is 0.0931. The van der Waals surface area contributed by atoms with E-state index >= 15 is 0 Å². The summed E-state index contributed by atoms with van der Waals surface area (Å²) in [5.74, 6) is 0.363. The van der Waals surface area contributed by atoms with E-state index in [4.69, 9.17) is 0 Å². The van der Waals surface area contributed by atoms with Crippen LogP contribution in [-0.4, -0.2) is 20.5 Å². The van der Waals surface area contributed by atoms with Gasteiger partial charge in [0.2, 0.25) is 0 Å². The third kappa shape index (κ3) is 3.52. The molecule has 0 bridgehead atoms. The van der Waals surface area contributed by atoms with Crippen molar-refractivity contribution in [3.05, 3.63) is 88.9 Å². The second-order valence-electron chi connectivity index (χ2n) is 8.78. The molecular weight excluding hydrogens is 396 g/mol. The second-order valence-corrected chi connectivity index (χ2v) is 8.78. The molecule has 0 unspecified atom stereocenters. The molecule has 160 valence electrons. The van der Waals surface area contributed by atoms with E-state index in [-0.39, 0.29) is 11.9 Å². The van der Waals surface area contributed by atoms with Crippen molar-refractivity contribution >= 4 is 11.6 Å². The van der Waals surface area contributed by atoms with Gasteiger partial charge in [-0.05, 0) is 60.9 Å². The lowest BCUT2D eigenvalue weighted by Gasteiger charge is -2.25. The summed E-state index contributed by atoms with van der Waals surface area (Å²) in [6, 6.07) is 18.6. The van der Waals surface area contributed by atoms with E-state index in [2.05, 4.69) is 65.6 Å². The van der Waals surface area contributed by atoms with Crippen molar-refractivity contribution in [2.24, 2.45) is 0 Å². The highest BCUT2D eigenvalue weighted by molar-refractivity contribution is 5.95. The van der Waals surface area contributed by atoms with Crippen LogP contribution in [0.1, 0.15) is 71.4 Å². The van der Waals surface area contributed by atoms with Gasteiger partial charge in [-0.2, -0.15) is 5.10 Å². The molecule has 5 nitrogen and oxygen atoms in total. The van der Waals surface area contributed by atoms with Crippen molar-refractivity contribution in [1.82, 2.24) is 19.9 Å². The number of fused-ring (bicyclic) bond motifs is 2. The SMILES string of the molecule is Cc1c(C(=O)N[C@H]2CCCc3c#cccc32)cnc2c(-c3ccc(C(C)C)cc3)cnn12. The molecule has 0 aliphatic heterocycles. The van der Waals surface area contributed by atoms with Crippen LogP contribution < -0.4 is 5.32 Å². The molecule has 5 rings (SSSR count). The topological polar surface area (TPSA) is 59.3 Å². The lowest BCUT2D eigenvalue weighted by Crippen LogP contribution is -2.31. The molecule has 1 amide bonds. The first kappa shape index (κ1) is 20.3. The predicted molar refractivity (Wildman–Crippen MR) is 125 cm³/mol. The fraction of sp³-hybridized carbons (Fsp3) is 0.296. The first-order valence-electron chi connectivity index (χ1n) is 11.2. The summed E-state index contributed by atoms with van der Waals surface area (Å²) in [7, 11) is 0. The molecule has 1 N–H and O–H groups in total. The van der Waals surface area contributed by atoms with Gasteiger partial charge < -0.3 is 5.32 Å². The quantitative estimate of drug-likeness (QED) is 0.490. The lowest BCUT2D eigenvalue weighted by atomic mass is 9.88. The van der Waals surface area contributed by atoms with Gasteiger partial charge in [0.05, 0.1) is 23.5 Å². The minimum Gasteiger partial charge on any atom is -0.345 e. The molecule has 32 heavy (non-hydrogen) atoms. The number of benzene rings is 1. The van der Waals surface area contributed by atoms with Crippen molar-refractivity contribution in [1.29, 1.82) is 0 Å². The Morgan fingerprint density at radius 1 is 1.19 bits per heavy atom. The molecule has 0 radical (unpaired) electrons. The highest BCUT2D eigenvalue weighted by Gasteiger charge is 2.24. The largest absolute Gasteiger partial charge is 0.345 e. The van der Waals surface area contributed by atoms with Crippen LogP contribution in [0.5, 0.6) is 0 Å². The monoisotopic (exact) mass is 422 g/mol. The molecule has 0 fully saturated rings. The molecule has 2 aromatic carbocycles. The fourth-order valence-corrected chi connectivity index (χ4v) is 4.51. The zero-order chi connectivity index (χ0) is 22.2. The van der Waals surface area contributed by atoms with Crippen molar-refractivity contribution in [2.75, 3.05) is 0 Å². The zero-order valence-corrected chi connectivity index (χ0v) is 18.6. The average Bonchev–Trinajstić information content (AvgIpc) is 3.24. The van der Waals surface area contributed by atoms with Gasteiger partial charge in [-0.25, -0.2) is 9.50 Å². The van der Waals surface area contributed by atoms with E-state index in [1.54, 1.807) is 10.7 Å². The van der Waals surface area contributed by atoms with Gasteiger partial charge in [0.25, 0.3) is 5.91 Å². The van der Waals surface area contributed by atoms with E-state index in [0.29, 0.717) is 11.5 Å². The van der Waals surface area contributed by atoms with E-state index < -0.39 is 0 Å². The van der Waals surface area contributed by atoms with Crippen molar-refractivity contribution in [2.45, 2.75) is 52.0 Å². The second kappa shape index (κ2) is 8.12. The summed E-state index contributed by atoms with van der Waals surface area (Å²) in [4.78, 5) is 17.8. The van der Waals surface area contributed by atoms with Gasteiger partial charge in [-0.3, -0.25) is 4.79 Å². The number of amides is 1. The maximum absolute atomic E-state index is 13.2. The van der Waals surface area contributed by atoms with Crippen molar-refractivity contribution in [3.63, 3.8) is 0 Å². The van der Waals surface area contributed by atoms with Gasteiger partial charge in [-0.15, -0.1) is 0 Å². The molecular formula is C27H26N4O. The molecule has 1 aliphatic carbocycles. The molecule has 0 spiro atoms. The molecule has 0 saturated heterocycles. The minimum atomic E-state index is -0.124. The van der Waals surface area contributed by atoms with Crippen molar-refractivity contribution < 1.29 is 4.79 Å². The van der Waals surface area contributed by atoms with Crippen LogP contribution in [0.4, 0.5) is 0 Å². The molecule has 2 aromatic heterocycles. The number of carbonyl (C=O) groups is 1. The smallest absolute Gasteiger partial charge is 0.255 e. The Morgan fingerprint density at radius 3 is 2.78 bits per heavy atom. The van der Waals surface area contributed by atoms with E-state index in [9.17, 15) is 4.79 Å². The number of nitrogens with one attached hydrogen (secondary N) is 1. The number of carbonyl (C=O) groups excluding carboxylic acids is 1. The van der Waals surface area contributed by atoms with Gasteiger partial charge in [0.1, 0.15) is 0 Å². The number of nitrogens with zero attached hydrogens (tertiary/aromatic N) is 3. The molecule has 4 aromatic rings. The number of aromatic nitrogens is 3. The average molecular weight is 423 g/mol. The van der Waals surface area contributed by atoms with Crippen LogP contribution >= 0.6 is 0 Å². The first-order valence-corrected chi connectivity index (χ1v) is 11.2. The van der Waals surface area contributed by atoms with Crippen LogP contribution in [0.15, 0.2) is 48.8 Å². The molecule has 5 heteroatoms. The van der Waals surface area contributed by atoms with Gasteiger partial charge in [0, 0.05) is 17.3 Å². The number of hydrogen-bond donors (Lipinski definition) is 1. The zero-order valence-electron chi connectivity index (χ0n) is 18.6. The van der Waals surface area contributed by atoms with Crippen LogP contribution in [0.3, 0.4) is 0 Å². The summed E-state index contributed by atoms with van der Waals surface area (Å²) in [6.45, 7) is 6.29. The van der Waals surface area contributed by atoms with Gasteiger partial charge >= 0.3 is 0 Å². The molecule has 0 saturated carbocycles. The third-order valence-corrected chi connectivity index (χ3v) is 6.42. The minimum absolute atomic E-state index is 0.0140. The van der Waals surface area contributed by atoms with E-state index in [1.807, 2.05) is 25.3 Å². The summed E-state index contributed by atoms with van der Waals surface area (Å²) in [6.07, 6.45) is 6.43. The first-order chi connectivity index (χ1) is 15.5. The van der Waals surface area contributed by atoms with Gasteiger partial charge in [0.15, 0.2) is 5.65 Å². The number of hydrogen-bond acceptors (Lipinski definition) is 3. The standard InChI is InChI=1S/C27H26N4O/c1-17(2)19-11-13-21(14-12-19)24-16-29-31-18(3)23(15-28-26(24)31)27(32)30-25-10-6-8-20-7-4-5-9-22(20)25/h5,9,11-17,25H,6,8,10H2,1-3H3,(H,30,32)/t25-/m0/s1.